The number of hydrogen-bond donors (Lipinski definition) is 0. The first-order valence-corrected chi connectivity index (χ1v) is 17.2. The largest absolute Gasteiger partial charge is 0.468 e. The average molecular weight is 695 g/mol. The third-order valence-electron chi connectivity index (χ3n) is 7.27. The number of rotatable bonds is 8. The van der Waals surface area contributed by atoms with Crippen LogP contribution in [0.1, 0.15) is 28.2 Å². The number of fused-ring (bicyclic) bond motifs is 4. The lowest BCUT2D eigenvalue weighted by molar-refractivity contribution is -0.140. The quantitative estimate of drug-likeness (QED) is 0.116. The van der Waals surface area contributed by atoms with E-state index < -0.39 is 11.2 Å². The van der Waals surface area contributed by atoms with Gasteiger partial charge in [-0.25, -0.2) is 19.9 Å². The van der Waals surface area contributed by atoms with Gasteiger partial charge in [0.1, 0.15) is 10.9 Å². The highest BCUT2D eigenvalue weighted by atomic mass is 35.5. The number of aromatic nitrogens is 4. The highest BCUT2D eigenvalue weighted by molar-refractivity contribution is 7.99. The third kappa shape index (κ3) is 7.58. The summed E-state index contributed by atoms with van der Waals surface area (Å²) < 4.78 is 9.63. The number of esters is 2. The molecule has 0 aliphatic heterocycles. The molecule has 6 aromatic rings. The van der Waals surface area contributed by atoms with E-state index in [-0.39, 0.29) is 28.5 Å². The molecular weight excluding hydrogens is 668 g/mol. The molecule has 6 rings (SSSR count). The van der Waals surface area contributed by atoms with Gasteiger partial charge in [-0.15, -0.1) is 23.5 Å². The van der Waals surface area contributed by atoms with Crippen LogP contribution in [0.15, 0.2) is 72.8 Å². The Labute approximate surface area is 289 Å². The van der Waals surface area contributed by atoms with E-state index in [4.69, 9.17) is 36.8 Å². The molecular formula is C35H27ClN6O4S2. The van der Waals surface area contributed by atoms with Crippen LogP contribution in [0.25, 0.3) is 43.6 Å². The zero-order chi connectivity index (χ0) is 34.2. The molecule has 0 aliphatic carbocycles. The van der Waals surface area contributed by atoms with Crippen molar-refractivity contribution in [2.45, 2.75) is 16.9 Å². The lowest BCUT2D eigenvalue weighted by Gasteiger charge is -2.16. The van der Waals surface area contributed by atoms with Crippen LogP contribution >= 0.6 is 35.1 Å². The fraction of sp³-hybridized carbons (Fsp3) is 0.200. The summed E-state index contributed by atoms with van der Waals surface area (Å²) in [4.78, 5) is 41.8. The van der Waals surface area contributed by atoms with Crippen LogP contribution in [0.4, 0.5) is 0 Å². The SMILES string of the molecule is COC(=O)CSCc1nc2cc3ccccc3cc2nc1C(SC)C(=O)OC.N#CC(C#N)c1nc2cc3ccccc3cc2nc1Cl. The predicted octanol–water partition coefficient (Wildman–Crippen LogP) is 7.33. The fourth-order valence-electron chi connectivity index (χ4n) is 4.89. The number of carbonyl (C=O) groups is 2. The van der Waals surface area contributed by atoms with Crippen molar-refractivity contribution >= 4 is 90.7 Å². The lowest BCUT2D eigenvalue weighted by atomic mass is 10.1. The molecule has 0 saturated carbocycles. The second kappa shape index (κ2) is 15.7. The van der Waals surface area contributed by atoms with Gasteiger partial charge in [0, 0.05) is 5.75 Å². The maximum Gasteiger partial charge on any atom is 0.325 e. The van der Waals surface area contributed by atoms with Gasteiger partial charge in [0.15, 0.2) is 11.1 Å². The van der Waals surface area contributed by atoms with E-state index in [0.717, 1.165) is 32.6 Å². The molecule has 13 heteroatoms. The molecule has 0 N–H and O–H groups in total. The molecule has 240 valence electrons. The number of carbonyl (C=O) groups excluding carboxylic acids is 2. The van der Waals surface area contributed by atoms with Crippen molar-refractivity contribution in [2.75, 3.05) is 26.2 Å². The Balaban J connectivity index is 0.000000198. The number of hydrogen-bond acceptors (Lipinski definition) is 12. The molecule has 0 spiro atoms. The van der Waals surface area contributed by atoms with E-state index in [1.807, 2.05) is 91.2 Å². The summed E-state index contributed by atoms with van der Waals surface area (Å²) >= 11 is 8.75. The molecule has 2 heterocycles. The number of halogens is 1. The van der Waals surface area contributed by atoms with Gasteiger partial charge in [0.05, 0.1) is 65.6 Å². The van der Waals surface area contributed by atoms with Crippen molar-refractivity contribution in [1.82, 2.24) is 19.9 Å². The van der Waals surface area contributed by atoms with Crippen LogP contribution in [0.5, 0.6) is 0 Å². The Hall–Kier alpha value is -5.01. The van der Waals surface area contributed by atoms with E-state index in [0.29, 0.717) is 28.2 Å². The molecule has 4 aromatic carbocycles. The van der Waals surface area contributed by atoms with E-state index in [1.54, 1.807) is 0 Å². The zero-order valence-corrected chi connectivity index (χ0v) is 28.4. The highest BCUT2D eigenvalue weighted by Crippen LogP contribution is 2.33. The standard InChI is InChI=1S/C20H20N2O4S2.C15H7ClN4/c1-25-17(23)11-28-10-16-18(19(27-3)20(24)26-2)22-15-9-13-7-5-4-6-12(13)8-14(15)21-16;16-15-14(11(7-17)8-18)19-12-5-9-3-1-2-4-10(9)6-13(12)20-15/h4-9,19H,10-11H2,1-3H3;1-6,11H. The van der Waals surface area contributed by atoms with Crippen molar-refractivity contribution in [3.8, 4) is 12.1 Å². The summed E-state index contributed by atoms with van der Waals surface area (Å²) in [5.41, 5.74) is 4.19. The Morgan fingerprint density at radius 3 is 1.71 bits per heavy atom. The molecule has 0 fully saturated rings. The number of ether oxygens (including phenoxy) is 2. The predicted molar refractivity (Wildman–Crippen MR) is 190 cm³/mol. The van der Waals surface area contributed by atoms with Crippen LogP contribution < -0.4 is 0 Å². The first-order chi connectivity index (χ1) is 23.3. The zero-order valence-electron chi connectivity index (χ0n) is 26.0. The topological polar surface area (TPSA) is 152 Å². The maximum absolute atomic E-state index is 12.3. The number of nitrogens with zero attached hydrogens (tertiary/aromatic N) is 6. The van der Waals surface area contributed by atoms with E-state index >= 15 is 0 Å². The molecule has 2 aromatic heterocycles. The minimum absolute atomic E-state index is 0.0980. The van der Waals surface area contributed by atoms with E-state index in [2.05, 4.69) is 14.7 Å². The van der Waals surface area contributed by atoms with Crippen molar-refractivity contribution in [2.24, 2.45) is 0 Å². The first kappa shape index (κ1) is 34.3. The number of nitriles is 2. The molecule has 0 radical (unpaired) electrons. The summed E-state index contributed by atoms with van der Waals surface area (Å²) in [6, 6.07) is 27.3. The second-order valence-electron chi connectivity index (χ2n) is 10.2. The molecule has 0 saturated heterocycles. The lowest BCUT2D eigenvalue weighted by Crippen LogP contribution is -2.16. The van der Waals surface area contributed by atoms with Gasteiger partial charge in [-0.3, -0.25) is 9.59 Å². The summed E-state index contributed by atoms with van der Waals surface area (Å²) in [5, 5.41) is 21.6. The van der Waals surface area contributed by atoms with Crippen molar-refractivity contribution in [3.63, 3.8) is 0 Å². The van der Waals surface area contributed by atoms with Gasteiger partial charge < -0.3 is 9.47 Å². The van der Waals surface area contributed by atoms with Crippen LogP contribution in [-0.4, -0.2) is 58.1 Å². The smallest absolute Gasteiger partial charge is 0.325 e. The van der Waals surface area contributed by atoms with Gasteiger partial charge in [0.2, 0.25) is 0 Å². The molecule has 1 atom stereocenters. The molecule has 1 unspecified atom stereocenters. The van der Waals surface area contributed by atoms with Crippen molar-refractivity contribution in [3.05, 3.63) is 95.0 Å². The molecule has 10 nitrogen and oxygen atoms in total. The summed E-state index contributed by atoms with van der Waals surface area (Å²) in [7, 11) is 2.72. The summed E-state index contributed by atoms with van der Waals surface area (Å²) in [5.74, 6) is -1.04. The highest BCUT2D eigenvalue weighted by Gasteiger charge is 2.26. The number of thioether (sulfide) groups is 2. The normalized spacial score (nSPS) is 11.5. The summed E-state index contributed by atoms with van der Waals surface area (Å²) in [6.45, 7) is 0. The fourth-order valence-corrected chi connectivity index (χ4v) is 6.63. The van der Waals surface area contributed by atoms with Gasteiger partial charge in [-0.2, -0.15) is 10.5 Å². The van der Waals surface area contributed by atoms with Gasteiger partial charge in [-0.05, 0) is 52.1 Å². The van der Waals surface area contributed by atoms with Crippen LogP contribution in [-0.2, 0) is 24.8 Å². The third-order valence-corrected chi connectivity index (χ3v) is 9.35. The van der Waals surface area contributed by atoms with Crippen LogP contribution in [0.3, 0.4) is 0 Å². The molecule has 0 aliphatic rings. The number of benzene rings is 4. The Morgan fingerprint density at radius 2 is 1.25 bits per heavy atom. The first-order valence-electron chi connectivity index (χ1n) is 14.4. The minimum Gasteiger partial charge on any atom is -0.468 e. The summed E-state index contributed by atoms with van der Waals surface area (Å²) in [6.07, 6.45) is 1.83. The van der Waals surface area contributed by atoms with Crippen molar-refractivity contribution < 1.29 is 19.1 Å². The Bertz CT molecular complexity index is 2240. The van der Waals surface area contributed by atoms with Gasteiger partial charge >= 0.3 is 11.9 Å². The van der Waals surface area contributed by atoms with Crippen LogP contribution in [0, 0.1) is 22.7 Å². The van der Waals surface area contributed by atoms with Crippen molar-refractivity contribution in [1.29, 1.82) is 10.5 Å². The maximum atomic E-state index is 12.3. The van der Waals surface area contributed by atoms with Gasteiger partial charge in [0.25, 0.3) is 0 Å². The van der Waals surface area contributed by atoms with E-state index in [9.17, 15) is 9.59 Å². The minimum atomic E-state index is -1.01. The Morgan fingerprint density at radius 1 is 0.771 bits per heavy atom. The number of methoxy groups -OCH3 is 2. The Kier molecular flexibility index (Phi) is 11.2. The van der Waals surface area contributed by atoms with Gasteiger partial charge in [-0.1, -0.05) is 60.1 Å². The average Bonchev–Trinajstić information content (AvgIpc) is 3.11. The molecule has 0 bridgehead atoms. The monoisotopic (exact) mass is 694 g/mol. The molecule has 0 amide bonds. The van der Waals surface area contributed by atoms with Crippen LogP contribution in [0.2, 0.25) is 5.15 Å². The second-order valence-corrected chi connectivity index (χ2v) is 12.5. The molecule has 48 heavy (non-hydrogen) atoms. The van der Waals surface area contributed by atoms with E-state index in [1.165, 1.54) is 37.7 Å².